The first kappa shape index (κ1) is 13.3. The van der Waals surface area contributed by atoms with Crippen molar-refractivity contribution in [3.05, 3.63) is 23.9 Å². The third-order valence-corrected chi connectivity index (χ3v) is 3.40. The van der Waals surface area contributed by atoms with Crippen LogP contribution in [0.2, 0.25) is 0 Å². The quantitative estimate of drug-likeness (QED) is 0.838. The zero-order valence-corrected chi connectivity index (χ0v) is 10.9. The number of anilines is 1. The Hall–Kier alpha value is -2.13. The van der Waals surface area contributed by atoms with Crippen LogP contribution in [0.1, 0.15) is 17.3 Å². The minimum atomic E-state index is -0.462. The van der Waals surface area contributed by atoms with Gasteiger partial charge in [-0.05, 0) is 19.1 Å². The highest BCUT2D eigenvalue weighted by Gasteiger charge is 2.23. The molecule has 0 aromatic carbocycles. The molecule has 1 aliphatic heterocycles. The normalized spacial score (nSPS) is 17.8. The van der Waals surface area contributed by atoms with E-state index in [1.54, 1.807) is 18.3 Å². The summed E-state index contributed by atoms with van der Waals surface area (Å²) in [6.07, 6.45) is 1.66. The fraction of sp³-hybridized carbons (Fsp3) is 0.462. The summed E-state index contributed by atoms with van der Waals surface area (Å²) in [7, 11) is 0. The molecule has 0 radical (unpaired) electrons. The van der Waals surface area contributed by atoms with Crippen molar-refractivity contribution in [1.82, 2.24) is 9.88 Å². The Balaban J connectivity index is 2.10. The Kier molecular flexibility index (Phi) is 3.97. The van der Waals surface area contributed by atoms with Crippen LogP contribution in [-0.4, -0.2) is 48.0 Å². The summed E-state index contributed by atoms with van der Waals surface area (Å²) in [5, 5.41) is 8.91. The minimum Gasteiger partial charge on any atom is -0.365 e. The van der Waals surface area contributed by atoms with Gasteiger partial charge in [-0.1, -0.05) is 0 Å². The molecule has 0 spiro atoms. The summed E-state index contributed by atoms with van der Waals surface area (Å²) in [6, 6.07) is 5.55. The van der Waals surface area contributed by atoms with Crippen LogP contribution in [0, 0.1) is 11.3 Å². The molecule has 1 atom stereocenters. The highest BCUT2D eigenvalue weighted by Crippen LogP contribution is 2.19. The van der Waals surface area contributed by atoms with Gasteiger partial charge >= 0.3 is 0 Å². The lowest BCUT2D eigenvalue weighted by Crippen LogP contribution is -2.50. The van der Waals surface area contributed by atoms with Gasteiger partial charge in [-0.2, -0.15) is 5.26 Å². The number of hydrogen-bond acceptors (Lipinski definition) is 5. The fourth-order valence-electron chi connectivity index (χ4n) is 2.24. The van der Waals surface area contributed by atoms with Gasteiger partial charge in [0.1, 0.15) is 5.82 Å². The molecule has 2 N–H and O–H groups in total. The zero-order valence-electron chi connectivity index (χ0n) is 10.9. The smallest absolute Gasteiger partial charge is 0.252 e. The SMILES string of the molecule is CC(C#N)N1CCN(c2ncccc2C(N)=O)CC1. The molecule has 1 aromatic rings. The molecule has 0 saturated carbocycles. The number of nitrogens with zero attached hydrogens (tertiary/aromatic N) is 4. The Morgan fingerprint density at radius 1 is 1.47 bits per heavy atom. The van der Waals surface area contributed by atoms with Crippen molar-refractivity contribution in [3.8, 4) is 6.07 Å². The van der Waals surface area contributed by atoms with Gasteiger partial charge in [0.05, 0.1) is 17.7 Å². The van der Waals surface area contributed by atoms with E-state index in [9.17, 15) is 4.79 Å². The first-order valence-corrected chi connectivity index (χ1v) is 6.27. The van der Waals surface area contributed by atoms with E-state index >= 15 is 0 Å². The molecule has 1 aliphatic rings. The highest BCUT2D eigenvalue weighted by atomic mass is 16.1. The van der Waals surface area contributed by atoms with E-state index in [1.165, 1.54) is 0 Å². The summed E-state index contributed by atoms with van der Waals surface area (Å²) >= 11 is 0. The van der Waals surface area contributed by atoms with Crippen molar-refractivity contribution in [3.63, 3.8) is 0 Å². The number of carbonyl (C=O) groups excluding carboxylic acids is 1. The number of piperazine rings is 1. The summed E-state index contributed by atoms with van der Waals surface area (Å²) < 4.78 is 0. The number of nitrogens with two attached hydrogens (primary N) is 1. The van der Waals surface area contributed by atoms with E-state index < -0.39 is 5.91 Å². The number of carbonyl (C=O) groups is 1. The minimum absolute atomic E-state index is 0.0820. The molecule has 1 aromatic heterocycles. The van der Waals surface area contributed by atoms with Gasteiger partial charge in [0.15, 0.2) is 0 Å². The van der Waals surface area contributed by atoms with E-state index in [4.69, 9.17) is 11.0 Å². The molecule has 19 heavy (non-hydrogen) atoms. The van der Waals surface area contributed by atoms with Crippen LogP contribution in [0.4, 0.5) is 5.82 Å². The van der Waals surface area contributed by atoms with Crippen molar-refractivity contribution in [1.29, 1.82) is 5.26 Å². The van der Waals surface area contributed by atoms with Crippen molar-refractivity contribution >= 4 is 11.7 Å². The number of nitriles is 1. The highest BCUT2D eigenvalue weighted by molar-refractivity contribution is 5.97. The number of pyridine rings is 1. The second-order valence-corrected chi connectivity index (χ2v) is 4.57. The first-order chi connectivity index (χ1) is 9.13. The van der Waals surface area contributed by atoms with Crippen LogP contribution in [-0.2, 0) is 0 Å². The molecular formula is C13H17N5O. The van der Waals surface area contributed by atoms with E-state index in [0.717, 1.165) is 26.2 Å². The van der Waals surface area contributed by atoms with Crippen LogP contribution in [0.15, 0.2) is 18.3 Å². The molecule has 1 amide bonds. The molecular weight excluding hydrogens is 242 g/mol. The van der Waals surface area contributed by atoms with Gasteiger partial charge in [0.2, 0.25) is 0 Å². The van der Waals surface area contributed by atoms with Gasteiger partial charge in [0.25, 0.3) is 5.91 Å². The third kappa shape index (κ3) is 2.83. The van der Waals surface area contributed by atoms with Crippen molar-refractivity contribution in [2.24, 2.45) is 5.73 Å². The molecule has 1 fully saturated rings. The second kappa shape index (κ2) is 5.67. The summed E-state index contributed by atoms with van der Waals surface area (Å²) in [5.74, 6) is 0.176. The standard InChI is InChI=1S/C13H17N5O/c1-10(9-14)17-5-7-18(8-6-17)13-11(12(15)19)3-2-4-16-13/h2-4,10H,5-8H2,1H3,(H2,15,19). The monoisotopic (exact) mass is 259 g/mol. The first-order valence-electron chi connectivity index (χ1n) is 6.27. The predicted octanol–water partition coefficient (Wildman–Crippen LogP) is 0.215. The van der Waals surface area contributed by atoms with Gasteiger partial charge in [0, 0.05) is 32.4 Å². The molecule has 0 bridgehead atoms. The van der Waals surface area contributed by atoms with Crippen LogP contribution >= 0.6 is 0 Å². The number of hydrogen-bond donors (Lipinski definition) is 1. The van der Waals surface area contributed by atoms with Gasteiger partial charge in [-0.15, -0.1) is 0 Å². The molecule has 0 aliphatic carbocycles. The van der Waals surface area contributed by atoms with Crippen LogP contribution in [0.25, 0.3) is 0 Å². The fourth-order valence-corrected chi connectivity index (χ4v) is 2.24. The number of amides is 1. The van der Waals surface area contributed by atoms with Crippen LogP contribution in [0.5, 0.6) is 0 Å². The van der Waals surface area contributed by atoms with Crippen molar-refractivity contribution < 1.29 is 4.79 Å². The molecule has 6 nitrogen and oxygen atoms in total. The molecule has 100 valence electrons. The molecule has 6 heteroatoms. The maximum absolute atomic E-state index is 11.4. The molecule has 2 heterocycles. The van der Waals surface area contributed by atoms with E-state index in [2.05, 4.69) is 16.0 Å². The second-order valence-electron chi connectivity index (χ2n) is 4.57. The van der Waals surface area contributed by atoms with E-state index in [1.807, 2.05) is 11.8 Å². The molecule has 1 saturated heterocycles. The molecule has 2 rings (SSSR count). The van der Waals surface area contributed by atoms with Crippen LogP contribution in [0.3, 0.4) is 0 Å². The lowest BCUT2D eigenvalue weighted by molar-refractivity contribution is 0.1000. The lowest BCUT2D eigenvalue weighted by Gasteiger charge is -2.36. The number of aromatic nitrogens is 1. The van der Waals surface area contributed by atoms with Gasteiger partial charge < -0.3 is 10.6 Å². The number of rotatable bonds is 3. The molecule has 1 unspecified atom stereocenters. The van der Waals surface area contributed by atoms with E-state index in [-0.39, 0.29) is 6.04 Å². The van der Waals surface area contributed by atoms with Crippen molar-refractivity contribution in [2.75, 3.05) is 31.1 Å². The summed E-state index contributed by atoms with van der Waals surface area (Å²) in [6.45, 7) is 4.94. The van der Waals surface area contributed by atoms with Crippen molar-refractivity contribution in [2.45, 2.75) is 13.0 Å². The number of primary amides is 1. The Morgan fingerprint density at radius 2 is 2.16 bits per heavy atom. The van der Waals surface area contributed by atoms with Crippen LogP contribution < -0.4 is 10.6 Å². The Bertz CT molecular complexity index is 502. The average Bonchev–Trinajstić information content (AvgIpc) is 2.46. The predicted molar refractivity (Wildman–Crippen MR) is 71.6 cm³/mol. The summed E-state index contributed by atoms with van der Waals surface area (Å²) in [4.78, 5) is 19.8. The zero-order chi connectivity index (χ0) is 13.8. The van der Waals surface area contributed by atoms with E-state index in [0.29, 0.717) is 11.4 Å². The largest absolute Gasteiger partial charge is 0.365 e. The summed E-state index contributed by atoms with van der Waals surface area (Å²) in [5.41, 5.74) is 5.81. The third-order valence-electron chi connectivity index (χ3n) is 3.40. The lowest BCUT2D eigenvalue weighted by atomic mass is 10.2. The average molecular weight is 259 g/mol. The Labute approximate surface area is 112 Å². The maximum atomic E-state index is 11.4. The maximum Gasteiger partial charge on any atom is 0.252 e. The van der Waals surface area contributed by atoms with Gasteiger partial charge in [-0.3, -0.25) is 9.69 Å². The van der Waals surface area contributed by atoms with Gasteiger partial charge in [-0.25, -0.2) is 4.98 Å². The topological polar surface area (TPSA) is 86.2 Å². The Morgan fingerprint density at radius 3 is 2.74 bits per heavy atom.